The van der Waals surface area contributed by atoms with E-state index in [0.29, 0.717) is 35.4 Å². The van der Waals surface area contributed by atoms with Crippen molar-refractivity contribution in [2.45, 2.75) is 13.1 Å². The van der Waals surface area contributed by atoms with Crippen molar-refractivity contribution in [3.8, 4) is 45.7 Å². The number of para-hydroxylation sites is 1. The zero-order chi connectivity index (χ0) is 33.4. The number of rotatable bonds is 9. The van der Waals surface area contributed by atoms with Crippen molar-refractivity contribution in [2.75, 3.05) is 0 Å². The molecule has 5 aromatic carbocycles. The molecule has 0 fully saturated rings. The van der Waals surface area contributed by atoms with Gasteiger partial charge >= 0.3 is 0 Å². The fourth-order valence-electron chi connectivity index (χ4n) is 6.09. The van der Waals surface area contributed by atoms with E-state index < -0.39 is 0 Å². The summed E-state index contributed by atoms with van der Waals surface area (Å²) in [5.41, 5.74) is 8.39. The van der Waals surface area contributed by atoms with Crippen LogP contribution in [0.5, 0.6) is 11.5 Å². The first-order valence-corrected chi connectivity index (χ1v) is 16.3. The van der Waals surface area contributed by atoms with Gasteiger partial charge in [-0.15, -0.1) is 20.4 Å². The average Bonchev–Trinajstić information content (AvgIpc) is 3.97. The molecule has 9 rings (SSSR count). The Morgan fingerprint density at radius 3 is 2.18 bits per heavy atom. The number of ether oxygens (including phenoxy) is 1. The van der Waals surface area contributed by atoms with Crippen LogP contribution in [0.1, 0.15) is 11.1 Å². The van der Waals surface area contributed by atoms with E-state index in [9.17, 15) is 0 Å². The largest absolute Gasteiger partial charge is 0.457 e. The highest BCUT2D eigenvalue weighted by Gasteiger charge is 2.15. The van der Waals surface area contributed by atoms with Crippen molar-refractivity contribution < 1.29 is 4.74 Å². The molecule has 0 unspecified atom stereocenters. The van der Waals surface area contributed by atoms with Crippen molar-refractivity contribution in [2.24, 2.45) is 0 Å². The summed E-state index contributed by atoms with van der Waals surface area (Å²) in [6, 6.07) is 35.7. The molecule has 242 valence electrons. The SMILES string of the molecule is Clc1ccccc1Cn1cnnc1-c1ccc2nc(-c3ccccc3Oc3ccc(Cn4cnnc4-c4ccc5nc[nH]c5c4)cc3)[nH]c2c1. The van der Waals surface area contributed by atoms with E-state index in [1.165, 1.54) is 0 Å². The van der Waals surface area contributed by atoms with Crippen molar-refractivity contribution in [3.05, 3.63) is 144 Å². The predicted molar refractivity (Wildman–Crippen MR) is 192 cm³/mol. The number of H-pyrrole nitrogens is 2. The summed E-state index contributed by atoms with van der Waals surface area (Å²) in [6.07, 6.45) is 5.15. The first-order valence-electron chi connectivity index (χ1n) is 15.9. The summed E-state index contributed by atoms with van der Waals surface area (Å²) >= 11 is 6.43. The number of imidazole rings is 2. The predicted octanol–water partition coefficient (Wildman–Crippen LogP) is 8.17. The zero-order valence-electron chi connectivity index (χ0n) is 26.4. The Bertz CT molecular complexity index is 2620. The van der Waals surface area contributed by atoms with E-state index in [-0.39, 0.29) is 0 Å². The van der Waals surface area contributed by atoms with Gasteiger partial charge in [0.25, 0.3) is 0 Å². The fraction of sp³-hybridized carbons (Fsp3) is 0.0526. The molecule has 0 amide bonds. The minimum Gasteiger partial charge on any atom is -0.457 e. The van der Waals surface area contributed by atoms with Crippen LogP contribution in [0.25, 0.3) is 56.2 Å². The molecule has 11 nitrogen and oxygen atoms in total. The van der Waals surface area contributed by atoms with Gasteiger partial charge in [-0.25, -0.2) is 9.97 Å². The number of nitrogens with zero attached hydrogens (tertiary/aromatic N) is 8. The maximum atomic E-state index is 6.43. The van der Waals surface area contributed by atoms with Crippen LogP contribution in [-0.2, 0) is 13.1 Å². The van der Waals surface area contributed by atoms with Crippen molar-refractivity contribution in [3.63, 3.8) is 0 Å². The number of fused-ring (bicyclic) bond motifs is 2. The average molecular weight is 675 g/mol. The quantitative estimate of drug-likeness (QED) is 0.158. The molecule has 0 saturated carbocycles. The molecular weight excluding hydrogens is 648 g/mol. The standard InChI is InChI=1S/C38H27ClN10O/c39-30-7-3-1-5-27(30)20-49-23-43-47-38(49)26-12-16-32-34(18-26)45-36(44-32)29-6-2-4-8-35(29)50-28-13-9-24(10-14-28)19-48-22-42-46-37(48)25-11-15-31-33(17-25)41-21-40-31/h1-18,21-23H,19-20H2,(H,40,41)(H,44,45). The Morgan fingerprint density at radius 2 is 1.38 bits per heavy atom. The number of aromatic amines is 2. The van der Waals surface area contributed by atoms with Crippen molar-refractivity contribution >= 4 is 33.7 Å². The van der Waals surface area contributed by atoms with Crippen LogP contribution in [0.15, 0.2) is 128 Å². The van der Waals surface area contributed by atoms with E-state index in [2.05, 4.69) is 35.3 Å². The van der Waals surface area contributed by atoms with Crippen LogP contribution in [0.2, 0.25) is 5.02 Å². The number of hydrogen-bond acceptors (Lipinski definition) is 7. The minimum atomic E-state index is 0.561. The lowest BCUT2D eigenvalue weighted by molar-refractivity contribution is 0.484. The Hall–Kier alpha value is -6.59. The van der Waals surface area contributed by atoms with Crippen LogP contribution in [0.3, 0.4) is 0 Å². The van der Waals surface area contributed by atoms with E-state index in [0.717, 1.165) is 61.5 Å². The lowest BCUT2D eigenvalue weighted by Gasteiger charge is -2.11. The molecule has 2 N–H and O–H groups in total. The molecule has 50 heavy (non-hydrogen) atoms. The van der Waals surface area contributed by atoms with E-state index in [1.54, 1.807) is 19.0 Å². The second kappa shape index (κ2) is 12.5. The Labute approximate surface area is 290 Å². The minimum absolute atomic E-state index is 0.561. The monoisotopic (exact) mass is 674 g/mol. The van der Waals surface area contributed by atoms with Gasteiger partial charge < -0.3 is 23.8 Å². The van der Waals surface area contributed by atoms with E-state index in [1.807, 2.05) is 118 Å². The first-order chi connectivity index (χ1) is 24.6. The summed E-state index contributed by atoms with van der Waals surface area (Å²) in [7, 11) is 0. The van der Waals surface area contributed by atoms with Crippen LogP contribution < -0.4 is 4.74 Å². The van der Waals surface area contributed by atoms with Gasteiger partial charge in [0.15, 0.2) is 11.6 Å². The van der Waals surface area contributed by atoms with Crippen molar-refractivity contribution in [1.82, 2.24) is 49.5 Å². The molecule has 0 aliphatic heterocycles. The first kappa shape index (κ1) is 29.5. The van der Waals surface area contributed by atoms with Gasteiger partial charge in [-0.2, -0.15) is 0 Å². The number of aromatic nitrogens is 10. The molecular formula is C38H27ClN10O. The van der Waals surface area contributed by atoms with Crippen LogP contribution in [0, 0.1) is 0 Å². The number of halogens is 1. The maximum absolute atomic E-state index is 6.43. The number of hydrogen-bond donors (Lipinski definition) is 2. The third-order valence-corrected chi connectivity index (χ3v) is 8.96. The highest BCUT2D eigenvalue weighted by molar-refractivity contribution is 6.31. The third kappa shape index (κ3) is 5.65. The molecule has 0 radical (unpaired) electrons. The second-order valence-electron chi connectivity index (χ2n) is 11.9. The van der Waals surface area contributed by atoms with Gasteiger partial charge in [0.05, 0.1) is 47.0 Å². The summed E-state index contributed by atoms with van der Waals surface area (Å²) in [5.74, 6) is 3.63. The third-order valence-electron chi connectivity index (χ3n) is 8.59. The van der Waals surface area contributed by atoms with Gasteiger partial charge in [0, 0.05) is 16.1 Å². The molecule has 0 bridgehead atoms. The summed E-state index contributed by atoms with van der Waals surface area (Å²) < 4.78 is 10.4. The summed E-state index contributed by atoms with van der Waals surface area (Å²) in [5, 5.41) is 17.8. The van der Waals surface area contributed by atoms with Gasteiger partial charge in [-0.1, -0.05) is 54.1 Å². The topological polar surface area (TPSA) is 128 Å². The molecule has 0 saturated heterocycles. The van der Waals surface area contributed by atoms with Gasteiger partial charge in [0.2, 0.25) is 0 Å². The smallest absolute Gasteiger partial charge is 0.164 e. The molecule has 4 heterocycles. The molecule has 9 aromatic rings. The molecule has 4 aromatic heterocycles. The van der Waals surface area contributed by atoms with Crippen LogP contribution >= 0.6 is 11.6 Å². The highest BCUT2D eigenvalue weighted by atomic mass is 35.5. The van der Waals surface area contributed by atoms with Crippen LogP contribution in [-0.4, -0.2) is 49.5 Å². The maximum Gasteiger partial charge on any atom is 0.164 e. The van der Waals surface area contributed by atoms with Crippen LogP contribution in [0.4, 0.5) is 0 Å². The Balaban J connectivity index is 0.937. The highest BCUT2D eigenvalue weighted by Crippen LogP contribution is 2.34. The van der Waals surface area contributed by atoms with E-state index in [4.69, 9.17) is 21.3 Å². The molecule has 0 aliphatic carbocycles. The lowest BCUT2D eigenvalue weighted by atomic mass is 10.1. The normalized spacial score (nSPS) is 11.5. The molecule has 0 atom stereocenters. The number of nitrogens with one attached hydrogen (secondary N) is 2. The Kier molecular flexibility index (Phi) is 7.36. The second-order valence-corrected chi connectivity index (χ2v) is 12.3. The van der Waals surface area contributed by atoms with E-state index >= 15 is 0 Å². The lowest BCUT2D eigenvalue weighted by Crippen LogP contribution is -2.01. The van der Waals surface area contributed by atoms with Crippen molar-refractivity contribution in [1.29, 1.82) is 0 Å². The summed E-state index contributed by atoms with van der Waals surface area (Å²) in [6.45, 7) is 1.17. The zero-order valence-corrected chi connectivity index (χ0v) is 27.2. The Morgan fingerprint density at radius 1 is 0.680 bits per heavy atom. The molecule has 0 spiro atoms. The molecule has 12 heteroatoms. The number of benzene rings is 5. The summed E-state index contributed by atoms with van der Waals surface area (Å²) in [4.78, 5) is 15.9. The van der Waals surface area contributed by atoms with Gasteiger partial charge in [-0.3, -0.25) is 0 Å². The van der Waals surface area contributed by atoms with Gasteiger partial charge in [-0.05, 0) is 77.9 Å². The fourth-order valence-corrected chi connectivity index (χ4v) is 6.28. The molecule has 0 aliphatic rings. The van der Waals surface area contributed by atoms with Gasteiger partial charge in [0.1, 0.15) is 30.0 Å².